The van der Waals surface area contributed by atoms with Crippen LogP contribution in [0.2, 0.25) is 0 Å². The van der Waals surface area contributed by atoms with Gasteiger partial charge in [0.25, 0.3) is 11.6 Å². The van der Waals surface area contributed by atoms with E-state index in [1.165, 1.54) is 13.1 Å². The van der Waals surface area contributed by atoms with Gasteiger partial charge in [0.1, 0.15) is 5.69 Å². The molecule has 1 aromatic carbocycles. The quantitative estimate of drug-likeness (QED) is 0.524. The first-order valence-electron chi connectivity index (χ1n) is 6.86. The van der Waals surface area contributed by atoms with Crippen LogP contribution in [0.15, 0.2) is 18.2 Å². The first-order valence-corrected chi connectivity index (χ1v) is 6.86. The highest BCUT2D eigenvalue weighted by atomic mass is 16.6. The van der Waals surface area contributed by atoms with E-state index in [1.54, 1.807) is 12.1 Å². The van der Waals surface area contributed by atoms with Crippen LogP contribution in [0.3, 0.4) is 0 Å². The number of hydrogen-bond donors (Lipinski definition) is 3. The molecule has 0 spiro atoms. The Labute approximate surface area is 124 Å². The topological polar surface area (TPSA) is 110 Å². The van der Waals surface area contributed by atoms with Crippen molar-refractivity contribution in [1.82, 2.24) is 5.32 Å². The molecule has 0 aromatic heterocycles. The minimum atomic E-state index is -0.502. The number of rotatable bonds is 7. The molecule has 21 heavy (non-hydrogen) atoms. The third kappa shape index (κ3) is 4.71. The molecule has 4 N–H and O–H groups in total. The van der Waals surface area contributed by atoms with Gasteiger partial charge in [0.2, 0.25) is 0 Å². The van der Waals surface area contributed by atoms with Gasteiger partial charge >= 0.3 is 0 Å². The summed E-state index contributed by atoms with van der Waals surface area (Å²) in [5, 5.41) is 16.7. The number of nitrogens with zero attached hydrogens (tertiary/aromatic N) is 1. The molecular formula is C14H22N4O3. The van der Waals surface area contributed by atoms with Crippen molar-refractivity contribution in [2.45, 2.75) is 26.3 Å². The van der Waals surface area contributed by atoms with E-state index in [-0.39, 0.29) is 23.2 Å². The van der Waals surface area contributed by atoms with Crippen LogP contribution in [0.25, 0.3) is 0 Å². The molecule has 1 aromatic rings. The van der Waals surface area contributed by atoms with E-state index in [0.717, 1.165) is 6.42 Å². The minimum Gasteiger partial charge on any atom is -0.375 e. The summed E-state index contributed by atoms with van der Waals surface area (Å²) in [6.45, 7) is 4.51. The number of nitrogens with two attached hydrogens (primary N) is 1. The highest BCUT2D eigenvalue weighted by molar-refractivity contribution is 5.95. The maximum Gasteiger partial charge on any atom is 0.293 e. The van der Waals surface area contributed by atoms with Crippen LogP contribution < -0.4 is 16.4 Å². The molecule has 0 saturated heterocycles. The van der Waals surface area contributed by atoms with Crippen molar-refractivity contribution in [3.8, 4) is 0 Å². The molecule has 1 unspecified atom stereocenters. The van der Waals surface area contributed by atoms with E-state index in [9.17, 15) is 14.9 Å². The largest absolute Gasteiger partial charge is 0.375 e. The Hall–Kier alpha value is -2.15. The molecule has 7 nitrogen and oxygen atoms in total. The summed E-state index contributed by atoms with van der Waals surface area (Å²) in [4.78, 5) is 22.2. The van der Waals surface area contributed by atoms with E-state index in [4.69, 9.17) is 5.73 Å². The van der Waals surface area contributed by atoms with Gasteiger partial charge in [0.15, 0.2) is 0 Å². The standard InChI is InChI=1S/C14H22N4O3/c1-9(2)6-11(8-15)17-12-5-4-10(14(19)16-3)7-13(12)18(20)21/h4-5,7,9,11,17H,6,8,15H2,1-3H3,(H,16,19). The minimum absolute atomic E-state index is 0.0467. The molecule has 0 bridgehead atoms. The average Bonchev–Trinajstić information content (AvgIpc) is 2.45. The van der Waals surface area contributed by atoms with Crippen LogP contribution in [-0.4, -0.2) is 30.5 Å². The Balaban J connectivity index is 3.06. The number of nitrogens with one attached hydrogen (secondary N) is 2. The molecule has 0 fully saturated rings. The smallest absolute Gasteiger partial charge is 0.293 e. The number of hydrogen-bond acceptors (Lipinski definition) is 5. The predicted molar refractivity (Wildman–Crippen MR) is 82.4 cm³/mol. The van der Waals surface area contributed by atoms with E-state index in [0.29, 0.717) is 18.2 Å². The van der Waals surface area contributed by atoms with E-state index >= 15 is 0 Å². The maximum atomic E-state index is 11.5. The van der Waals surface area contributed by atoms with Gasteiger partial charge in [0, 0.05) is 31.3 Å². The number of carbonyl (C=O) groups excluding carboxylic acids is 1. The van der Waals surface area contributed by atoms with Crippen molar-refractivity contribution >= 4 is 17.3 Å². The second kappa shape index (κ2) is 7.58. The summed E-state index contributed by atoms with van der Waals surface area (Å²) in [5.41, 5.74) is 6.20. The molecule has 0 aliphatic heterocycles. The second-order valence-corrected chi connectivity index (χ2v) is 5.27. The van der Waals surface area contributed by atoms with Gasteiger partial charge in [-0.1, -0.05) is 13.8 Å². The Morgan fingerprint density at radius 3 is 2.57 bits per heavy atom. The van der Waals surface area contributed by atoms with Crippen molar-refractivity contribution in [3.05, 3.63) is 33.9 Å². The lowest BCUT2D eigenvalue weighted by Gasteiger charge is -2.20. The van der Waals surface area contributed by atoms with Crippen molar-refractivity contribution in [1.29, 1.82) is 0 Å². The van der Waals surface area contributed by atoms with E-state index < -0.39 is 4.92 Å². The summed E-state index contributed by atoms with van der Waals surface area (Å²) in [5.74, 6) is 0.0671. The summed E-state index contributed by atoms with van der Waals surface area (Å²) in [7, 11) is 1.48. The Kier molecular flexibility index (Phi) is 6.10. The maximum absolute atomic E-state index is 11.5. The molecule has 1 atom stereocenters. The van der Waals surface area contributed by atoms with Gasteiger partial charge in [-0.15, -0.1) is 0 Å². The highest BCUT2D eigenvalue weighted by Crippen LogP contribution is 2.27. The zero-order valence-corrected chi connectivity index (χ0v) is 12.6. The lowest BCUT2D eigenvalue weighted by Crippen LogP contribution is -2.30. The first-order chi connectivity index (χ1) is 9.88. The lowest BCUT2D eigenvalue weighted by atomic mass is 10.0. The Morgan fingerprint density at radius 1 is 1.43 bits per heavy atom. The zero-order valence-electron chi connectivity index (χ0n) is 12.6. The van der Waals surface area contributed by atoms with Gasteiger partial charge in [-0.05, 0) is 24.5 Å². The van der Waals surface area contributed by atoms with Crippen LogP contribution in [-0.2, 0) is 0 Å². The molecule has 1 rings (SSSR count). The number of amides is 1. The van der Waals surface area contributed by atoms with Gasteiger partial charge in [0.05, 0.1) is 4.92 Å². The van der Waals surface area contributed by atoms with Crippen molar-refractivity contribution in [2.75, 3.05) is 18.9 Å². The van der Waals surface area contributed by atoms with Crippen LogP contribution in [0.4, 0.5) is 11.4 Å². The van der Waals surface area contributed by atoms with Crippen molar-refractivity contribution in [2.24, 2.45) is 11.7 Å². The molecular weight excluding hydrogens is 272 g/mol. The summed E-state index contributed by atoms with van der Waals surface area (Å²) in [6, 6.07) is 4.32. The molecule has 0 radical (unpaired) electrons. The van der Waals surface area contributed by atoms with Crippen LogP contribution >= 0.6 is 0 Å². The van der Waals surface area contributed by atoms with Crippen LogP contribution in [0.5, 0.6) is 0 Å². The second-order valence-electron chi connectivity index (χ2n) is 5.27. The monoisotopic (exact) mass is 294 g/mol. The molecule has 0 aliphatic rings. The zero-order chi connectivity index (χ0) is 16.0. The number of nitro groups is 1. The Bertz CT molecular complexity index is 517. The summed E-state index contributed by atoms with van der Waals surface area (Å²) in [6.07, 6.45) is 0.810. The third-order valence-electron chi connectivity index (χ3n) is 3.08. The molecule has 0 saturated carbocycles. The van der Waals surface area contributed by atoms with Gasteiger partial charge < -0.3 is 16.4 Å². The average molecular weight is 294 g/mol. The summed E-state index contributed by atoms with van der Waals surface area (Å²) < 4.78 is 0. The Morgan fingerprint density at radius 2 is 2.10 bits per heavy atom. The van der Waals surface area contributed by atoms with Crippen LogP contribution in [0.1, 0.15) is 30.6 Å². The lowest BCUT2D eigenvalue weighted by molar-refractivity contribution is -0.384. The van der Waals surface area contributed by atoms with Gasteiger partial charge in [-0.2, -0.15) is 0 Å². The van der Waals surface area contributed by atoms with E-state index in [2.05, 4.69) is 24.5 Å². The van der Waals surface area contributed by atoms with Crippen molar-refractivity contribution in [3.63, 3.8) is 0 Å². The molecule has 0 aliphatic carbocycles. The highest BCUT2D eigenvalue weighted by Gasteiger charge is 2.19. The summed E-state index contributed by atoms with van der Waals surface area (Å²) >= 11 is 0. The molecule has 116 valence electrons. The van der Waals surface area contributed by atoms with Crippen molar-refractivity contribution < 1.29 is 9.72 Å². The molecule has 1 amide bonds. The fraction of sp³-hybridized carbons (Fsp3) is 0.500. The van der Waals surface area contributed by atoms with Gasteiger partial charge in [-0.3, -0.25) is 14.9 Å². The fourth-order valence-corrected chi connectivity index (χ4v) is 2.09. The van der Waals surface area contributed by atoms with E-state index in [1.807, 2.05) is 0 Å². The predicted octanol–water partition coefficient (Wildman–Crippen LogP) is 1.74. The third-order valence-corrected chi connectivity index (χ3v) is 3.08. The number of anilines is 1. The molecule has 7 heteroatoms. The van der Waals surface area contributed by atoms with Crippen LogP contribution in [0, 0.1) is 16.0 Å². The number of benzene rings is 1. The number of nitro benzene ring substituents is 1. The number of carbonyl (C=O) groups is 1. The normalized spacial score (nSPS) is 12.0. The SMILES string of the molecule is CNC(=O)c1ccc(NC(CN)CC(C)C)c([N+](=O)[O-])c1. The molecule has 0 heterocycles. The first kappa shape index (κ1) is 16.9. The fourth-order valence-electron chi connectivity index (χ4n) is 2.09. The van der Waals surface area contributed by atoms with Gasteiger partial charge in [-0.25, -0.2) is 0 Å².